The van der Waals surface area contributed by atoms with Crippen molar-refractivity contribution in [2.45, 2.75) is 33.2 Å². The molecule has 1 heterocycles. The monoisotopic (exact) mass is 200 g/mol. The molecule has 0 aliphatic heterocycles. The van der Waals surface area contributed by atoms with E-state index >= 15 is 0 Å². The maximum absolute atomic E-state index is 2.32. The van der Waals surface area contributed by atoms with E-state index in [2.05, 4.69) is 61.9 Å². The summed E-state index contributed by atoms with van der Waals surface area (Å²) in [4.78, 5) is 0. The van der Waals surface area contributed by atoms with Crippen LogP contribution in [0.5, 0.6) is 0 Å². The normalized spacial score (nSPS) is 11.2. The molecule has 2 rings (SSSR count). The maximum atomic E-state index is 2.32. The standard InChI is InChI=1S/C14H18N/c1-4-15-10-13(11(2)3)9-12-7-5-6-8-14(12)15/h5-11H,4H2,1-3H3/q+1. The van der Waals surface area contributed by atoms with Gasteiger partial charge >= 0.3 is 0 Å². The first-order chi connectivity index (χ1) is 7.22. The summed E-state index contributed by atoms with van der Waals surface area (Å²) in [7, 11) is 0. The molecule has 1 heteroatoms. The van der Waals surface area contributed by atoms with Gasteiger partial charge in [-0.05, 0) is 25.0 Å². The van der Waals surface area contributed by atoms with E-state index in [1.54, 1.807) is 0 Å². The molecule has 1 aromatic heterocycles. The fourth-order valence-corrected chi connectivity index (χ4v) is 1.91. The van der Waals surface area contributed by atoms with E-state index in [9.17, 15) is 0 Å². The highest BCUT2D eigenvalue weighted by molar-refractivity contribution is 5.75. The highest BCUT2D eigenvalue weighted by Gasteiger charge is 2.10. The second-order valence-electron chi connectivity index (χ2n) is 4.27. The Labute approximate surface area is 91.4 Å². The smallest absolute Gasteiger partial charge is 0.198 e. The third-order valence-corrected chi connectivity index (χ3v) is 2.88. The van der Waals surface area contributed by atoms with Crippen molar-refractivity contribution in [1.29, 1.82) is 0 Å². The fourth-order valence-electron chi connectivity index (χ4n) is 1.91. The molecule has 1 nitrogen and oxygen atoms in total. The lowest BCUT2D eigenvalue weighted by molar-refractivity contribution is -0.668. The van der Waals surface area contributed by atoms with E-state index < -0.39 is 0 Å². The van der Waals surface area contributed by atoms with Crippen LogP contribution in [-0.2, 0) is 6.54 Å². The van der Waals surface area contributed by atoms with E-state index in [1.807, 2.05) is 0 Å². The first kappa shape index (κ1) is 10.2. The van der Waals surface area contributed by atoms with E-state index in [0.717, 1.165) is 6.54 Å². The van der Waals surface area contributed by atoms with Crippen LogP contribution in [0.2, 0.25) is 0 Å². The molecule has 0 N–H and O–H groups in total. The number of rotatable bonds is 2. The molecule has 0 bridgehead atoms. The summed E-state index contributed by atoms with van der Waals surface area (Å²) in [5, 5.41) is 1.34. The lowest BCUT2D eigenvalue weighted by Gasteiger charge is -2.06. The zero-order chi connectivity index (χ0) is 10.8. The molecule has 0 atom stereocenters. The number of para-hydroxylation sites is 1. The molecule has 0 saturated carbocycles. The first-order valence-electron chi connectivity index (χ1n) is 5.64. The predicted octanol–water partition coefficient (Wildman–Crippen LogP) is 3.27. The highest BCUT2D eigenvalue weighted by Crippen LogP contribution is 2.17. The van der Waals surface area contributed by atoms with Gasteiger partial charge in [0.05, 0.1) is 0 Å². The molecule has 0 fully saturated rings. The van der Waals surface area contributed by atoms with Crippen molar-refractivity contribution in [3.63, 3.8) is 0 Å². The van der Waals surface area contributed by atoms with Crippen LogP contribution >= 0.6 is 0 Å². The van der Waals surface area contributed by atoms with Crippen LogP contribution in [0.4, 0.5) is 0 Å². The summed E-state index contributed by atoms with van der Waals surface area (Å²) >= 11 is 0. The molecule has 15 heavy (non-hydrogen) atoms. The largest absolute Gasteiger partial charge is 0.212 e. The number of pyridine rings is 1. The van der Waals surface area contributed by atoms with Crippen LogP contribution in [0.1, 0.15) is 32.3 Å². The third kappa shape index (κ3) is 1.87. The Hall–Kier alpha value is -1.37. The molecule has 0 unspecified atom stereocenters. The van der Waals surface area contributed by atoms with Crippen LogP contribution in [0.25, 0.3) is 10.9 Å². The van der Waals surface area contributed by atoms with Crippen molar-refractivity contribution in [1.82, 2.24) is 0 Å². The lowest BCUT2D eigenvalue weighted by Crippen LogP contribution is -2.33. The van der Waals surface area contributed by atoms with Crippen molar-refractivity contribution in [3.05, 3.63) is 42.1 Å². The van der Waals surface area contributed by atoms with Gasteiger partial charge in [0.2, 0.25) is 5.52 Å². The van der Waals surface area contributed by atoms with Crippen LogP contribution < -0.4 is 4.57 Å². The number of fused-ring (bicyclic) bond motifs is 1. The van der Waals surface area contributed by atoms with Crippen molar-refractivity contribution < 1.29 is 4.57 Å². The number of hydrogen-bond donors (Lipinski definition) is 0. The Bertz CT molecular complexity index is 472. The summed E-state index contributed by atoms with van der Waals surface area (Å²) < 4.78 is 2.32. The Kier molecular flexibility index (Phi) is 2.72. The Morgan fingerprint density at radius 1 is 1.20 bits per heavy atom. The molecule has 2 aromatic rings. The van der Waals surface area contributed by atoms with Gasteiger partial charge in [0.15, 0.2) is 6.20 Å². The van der Waals surface area contributed by atoms with Gasteiger partial charge in [-0.1, -0.05) is 26.0 Å². The van der Waals surface area contributed by atoms with Crippen LogP contribution in [0.3, 0.4) is 0 Å². The van der Waals surface area contributed by atoms with E-state index in [-0.39, 0.29) is 0 Å². The third-order valence-electron chi connectivity index (χ3n) is 2.88. The van der Waals surface area contributed by atoms with Gasteiger partial charge in [0, 0.05) is 17.0 Å². The Balaban J connectivity index is 2.71. The van der Waals surface area contributed by atoms with Gasteiger partial charge in [-0.15, -0.1) is 0 Å². The van der Waals surface area contributed by atoms with E-state index in [4.69, 9.17) is 0 Å². The molecular formula is C14H18N+. The molecule has 0 saturated heterocycles. The lowest BCUT2D eigenvalue weighted by atomic mass is 10.0. The van der Waals surface area contributed by atoms with Crippen molar-refractivity contribution in [3.8, 4) is 0 Å². The van der Waals surface area contributed by atoms with Gasteiger partial charge in [-0.2, -0.15) is 4.57 Å². The number of aryl methyl sites for hydroxylation is 1. The molecule has 1 aromatic carbocycles. The van der Waals surface area contributed by atoms with Crippen LogP contribution in [0, 0.1) is 0 Å². The molecule has 0 aliphatic rings. The van der Waals surface area contributed by atoms with E-state index in [1.165, 1.54) is 16.5 Å². The molecule has 0 radical (unpaired) electrons. The van der Waals surface area contributed by atoms with E-state index in [0.29, 0.717) is 5.92 Å². The first-order valence-corrected chi connectivity index (χ1v) is 5.64. The quantitative estimate of drug-likeness (QED) is 0.655. The number of benzene rings is 1. The summed E-state index contributed by atoms with van der Waals surface area (Å²) in [6.45, 7) is 7.70. The zero-order valence-corrected chi connectivity index (χ0v) is 9.70. The maximum Gasteiger partial charge on any atom is 0.212 e. The summed E-state index contributed by atoms with van der Waals surface area (Å²) in [5.41, 5.74) is 2.74. The molecule has 78 valence electrons. The predicted molar refractivity (Wildman–Crippen MR) is 63.9 cm³/mol. The second kappa shape index (κ2) is 4.01. The summed E-state index contributed by atoms with van der Waals surface area (Å²) in [6, 6.07) is 10.9. The molecule has 0 aliphatic carbocycles. The van der Waals surface area contributed by atoms with Crippen molar-refractivity contribution in [2.24, 2.45) is 0 Å². The summed E-state index contributed by atoms with van der Waals surface area (Å²) in [5.74, 6) is 0.590. The minimum Gasteiger partial charge on any atom is -0.198 e. The van der Waals surface area contributed by atoms with Gasteiger partial charge in [-0.25, -0.2) is 0 Å². The molecule has 0 spiro atoms. The van der Waals surface area contributed by atoms with Gasteiger partial charge in [-0.3, -0.25) is 0 Å². The topological polar surface area (TPSA) is 3.88 Å². The average molecular weight is 200 g/mol. The van der Waals surface area contributed by atoms with Crippen LogP contribution in [-0.4, -0.2) is 0 Å². The van der Waals surface area contributed by atoms with Crippen LogP contribution in [0.15, 0.2) is 36.5 Å². The zero-order valence-electron chi connectivity index (χ0n) is 9.70. The molecule has 0 amide bonds. The minimum atomic E-state index is 0.590. The van der Waals surface area contributed by atoms with Crippen molar-refractivity contribution >= 4 is 10.9 Å². The average Bonchev–Trinajstić information content (AvgIpc) is 2.27. The van der Waals surface area contributed by atoms with Gasteiger partial charge in [0.25, 0.3) is 0 Å². The summed E-state index contributed by atoms with van der Waals surface area (Å²) in [6.07, 6.45) is 2.27. The highest BCUT2D eigenvalue weighted by atomic mass is 14.9. The Morgan fingerprint density at radius 2 is 1.93 bits per heavy atom. The fraction of sp³-hybridized carbons (Fsp3) is 0.357. The SMILES string of the molecule is CC[n+]1cc(C(C)C)cc2ccccc21. The number of aromatic nitrogens is 1. The van der Waals surface area contributed by atoms with Gasteiger partial charge < -0.3 is 0 Å². The second-order valence-corrected chi connectivity index (χ2v) is 4.27. The minimum absolute atomic E-state index is 0.590. The Morgan fingerprint density at radius 3 is 2.60 bits per heavy atom. The van der Waals surface area contributed by atoms with Gasteiger partial charge in [0.1, 0.15) is 6.54 Å². The number of nitrogens with zero attached hydrogens (tertiary/aromatic N) is 1. The molecular weight excluding hydrogens is 182 g/mol. The van der Waals surface area contributed by atoms with Crippen molar-refractivity contribution in [2.75, 3.05) is 0 Å². The number of hydrogen-bond acceptors (Lipinski definition) is 0.